The lowest BCUT2D eigenvalue weighted by Gasteiger charge is -2.16. The summed E-state index contributed by atoms with van der Waals surface area (Å²) in [5.74, 6) is 0.845. The zero-order valence-corrected chi connectivity index (χ0v) is 20.5. The summed E-state index contributed by atoms with van der Waals surface area (Å²) in [6, 6.07) is 18.8. The van der Waals surface area contributed by atoms with E-state index in [9.17, 15) is 5.11 Å². The Labute approximate surface area is 218 Å². The first-order chi connectivity index (χ1) is 18.6. The molecule has 196 valence electrons. The van der Waals surface area contributed by atoms with Crippen molar-refractivity contribution in [2.24, 2.45) is 0 Å². The minimum absolute atomic E-state index is 0.113. The van der Waals surface area contributed by atoms with E-state index in [2.05, 4.69) is 9.97 Å². The molecule has 0 bridgehead atoms. The number of aromatic amines is 1. The van der Waals surface area contributed by atoms with Crippen molar-refractivity contribution in [1.29, 1.82) is 0 Å². The molecule has 9 heteroatoms. The maximum Gasteiger partial charge on any atom is 0.193 e. The third-order valence-corrected chi connectivity index (χ3v) is 7.33. The Morgan fingerprint density at radius 3 is 2.37 bits per heavy atom. The lowest BCUT2D eigenvalue weighted by atomic mass is 10.0. The third kappa shape index (κ3) is 4.41. The maximum absolute atomic E-state index is 15.1. The molecule has 0 aliphatic carbocycles. The van der Waals surface area contributed by atoms with Crippen molar-refractivity contribution in [2.75, 3.05) is 26.4 Å². The second-order valence-electron chi connectivity index (χ2n) is 9.91. The monoisotopic (exact) mass is 518 g/mol. The Balaban J connectivity index is 1.07. The molecule has 8 nitrogen and oxygen atoms in total. The van der Waals surface area contributed by atoms with Crippen molar-refractivity contribution < 1.29 is 33.2 Å². The number of aliphatic hydroxyl groups is 1. The molecule has 38 heavy (non-hydrogen) atoms. The summed E-state index contributed by atoms with van der Waals surface area (Å²) in [7, 11) is 0. The predicted octanol–water partition coefficient (Wildman–Crippen LogP) is 4.11. The Kier molecular flexibility index (Phi) is 6.01. The molecule has 0 radical (unpaired) electrons. The van der Waals surface area contributed by atoms with Crippen LogP contribution in [0.1, 0.15) is 6.42 Å². The summed E-state index contributed by atoms with van der Waals surface area (Å²) in [6.07, 6.45) is -0.700. The second-order valence-corrected chi connectivity index (χ2v) is 9.91. The number of nitrogens with zero attached hydrogens (tertiary/aromatic N) is 1. The molecule has 0 spiro atoms. The quantitative estimate of drug-likeness (QED) is 0.397. The van der Waals surface area contributed by atoms with E-state index in [0.717, 1.165) is 29.9 Å². The normalized spacial score (nSPS) is 26.6. The van der Waals surface area contributed by atoms with Crippen molar-refractivity contribution >= 4 is 11.0 Å². The van der Waals surface area contributed by atoms with Crippen molar-refractivity contribution in [2.45, 2.75) is 36.9 Å². The summed E-state index contributed by atoms with van der Waals surface area (Å²) in [5, 5.41) is 9.93. The summed E-state index contributed by atoms with van der Waals surface area (Å²) in [4.78, 5) is 7.64. The molecule has 2 N–H and O–H groups in total. The van der Waals surface area contributed by atoms with E-state index in [1.807, 2.05) is 48.5 Å². The van der Waals surface area contributed by atoms with Gasteiger partial charge in [-0.15, -0.1) is 0 Å². The number of benzene rings is 2. The first kappa shape index (κ1) is 23.6. The standard InChI is InChI=1S/C29H27FN2O6/c30-21-11-22-23(12-26(31-22)38-25-15-36-28-24(33)14-35-29(25)28)32-27(21)18-3-1-16(2-4-18)17-5-7-19(8-6-17)37-20-9-10-34-13-20/h1-8,11-12,20,24-25,28-29,31,33H,9-10,13-15H2/t20-,24+,25+,28+,29+/m0/s1. The number of hydrogen-bond acceptors (Lipinski definition) is 7. The van der Waals surface area contributed by atoms with Crippen molar-refractivity contribution in [1.82, 2.24) is 9.97 Å². The maximum atomic E-state index is 15.1. The molecule has 2 aromatic carbocycles. The first-order valence-electron chi connectivity index (χ1n) is 12.8. The molecule has 3 aliphatic rings. The van der Waals surface area contributed by atoms with Crippen molar-refractivity contribution in [3.63, 3.8) is 0 Å². The average molecular weight is 519 g/mol. The fraction of sp³-hybridized carbons (Fsp3) is 0.345. The second kappa shape index (κ2) is 9.67. The Morgan fingerprint density at radius 1 is 0.868 bits per heavy atom. The molecule has 3 saturated heterocycles. The lowest BCUT2D eigenvalue weighted by Crippen LogP contribution is -2.34. The summed E-state index contributed by atoms with van der Waals surface area (Å²) in [6.45, 7) is 1.92. The van der Waals surface area contributed by atoms with Gasteiger partial charge in [-0.25, -0.2) is 9.37 Å². The van der Waals surface area contributed by atoms with E-state index >= 15 is 4.39 Å². The molecular formula is C29H27FN2O6. The molecule has 5 atom stereocenters. The molecule has 0 amide bonds. The highest BCUT2D eigenvalue weighted by Gasteiger charge is 2.48. The SMILES string of the molecule is O[C@@H]1CO[C@H]2[C@@H]1OC[C@H]2Oc1cc2nc(-c3ccc(-c4ccc(O[C@H]5CCOC5)cc4)cc3)c(F)cc2[nH]1. The number of halogens is 1. The number of nitrogens with one attached hydrogen (secondary N) is 1. The van der Waals surface area contributed by atoms with Crippen LogP contribution < -0.4 is 9.47 Å². The van der Waals surface area contributed by atoms with E-state index in [4.69, 9.17) is 23.7 Å². The third-order valence-electron chi connectivity index (χ3n) is 7.33. The van der Waals surface area contributed by atoms with Gasteiger partial charge in [0.2, 0.25) is 0 Å². The fourth-order valence-electron chi connectivity index (χ4n) is 5.33. The average Bonchev–Trinajstić information content (AvgIpc) is 3.72. The molecule has 0 unspecified atom stereocenters. The van der Waals surface area contributed by atoms with Crippen LogP contribution in [0.25, 0.3) is 33.4 Å². The fourth-order valence-corrected chi connectivity index (χ4v) is 5.33. The van der Waals surface area contributed by atoms with Crippen LogP contribution in [0.3, 0.4) is 0 Å². The van der Waals surface area contributed by atoms with Crippen LogP contribution in [0.5, 0.6) is 11.6 Å². The van der Waals surface area contributed by atoms with E-state index in [1.165, 1.54) is 6.07 Å². The molecule has 7 rings (SSSR count). The molecule has 4 aromatic rings. The highest BCUT2D eigenvalue weighted by molar-refractivity contribution is 5.81. The molecular weight excluding hydrogens is 491 g/mol. The molecule has 3 fully saturated rings. The number of pyridine rings is 1. The van der Waals surface area contributed by atoms with Crippen LogP contribution in [0, 0.1) is 5.82 Å². The number of aliphatic hydroxyl groups excluding tert-OH is 1. The number of aromatic nitrogens is 2. The zero-order chi connectivity index (χ0) is 25.6. The summed E-state index contributed by atoms with van der Waals surface area (Å²) in [5.41, 5.74) is 4.13. The van der Waals surface area contributed by atoms with Crippen LogP contribution in [0.2, 0.25) is 0 Å². The van der Waals surface area contributed by atoms with Gasteiger partial charge in [-0.05, 0) is 23.3 Å². The highest BCUT2D eigenvalue weighted by Crippen LogP contribution is 2.33. The van der Waals surface area contributed by atoms with E-state index < -0.39 is 11.9 Å². The number of fused-ring (bicyclic) bond motifs is 2. The number of H-pyrrole nitrogens is 1. The van der Waals surface area contributed by atoms with Crippen LogP contribution in [-0.4, -0.2) is 72.0 Å². The number of rotatable bonds is 6. The molecule has 0 saturated carbocycles. The minimum atomic E-state index is -0.647. The minimum Gasteiger partial charge on any atom is -0.488 e. The summed E-state index contributed by atoms with van der Waals surface area (Å²) >= 11 is 0. The van der Waals surface area contributed by atoms with Crippen LogP contribution in [0.4, 0.5) is 4.39 Å². The van der Waals surface area contributed by atoms with Gasteiger partial charge in [-0.1, -0.05) is 36.4 Å². The first-order valence-corrected chi connectivity index (χ1v) is 12.8. The van der Waals surface area contributed by atoms with Gasteiger partial charge in [-0.3, -0.25) is 0 Å². The van der Waals surface area contributed by atoms with E-state index in [0.29, 0.717) is 35.7 Å². The van der Waals surface area contributed by atoms with Gasteiger partial charge in [0.25, 0.3) is 0 Å². The van der Waals surface area contributed by atoms with Crippen LogP contribution >= 0.6 is 0 Å². The smallest absolute Gasteiger partial charge is 0.193 e. The molecule has 3 aliphatic heterocycles. The largest absolute Gasteiger partial charge is 0.488 e. The van der Waals surface area contributed by atoms with Gasteiger partial charge in [0.05, 0.1) is 37.5 Å². The van der Waals surface area contributed by atoms with E-state index in [-0.39, 0.29) is 36.7 Å². The van der Waals surface area contributed by atoms with Gasteiger partial charge < -0.3 is 33.8 Å². The van der Waals surface area contributed by atoms with Gasteiger partial charge >= 0.3 is 0 Å². The van der Waals surface area contributed by atoms with Crippen LogP contribution in [0.15, 0.2) is 60.7 Å². The highest BCUT2D eigenvalue weighted by atomic mass is 19.1. The van der Waals surface area contributed by atoms with Gasteiger partial charge in [0, 0.05) is 24.1 Å². The number of hydrogen-bond donors (Lipinski definition) is 2. The Morgan fingerprint density at radius 2 is 1.61 bits per heavy atom. The number of ether oxygens (including phenoxy) is 5. The summed E-state index contributed by atoms with van der Waals surface area (Å²) < 4.78 is 43.6. The predicted molar refractivity (Wildman–Crippen MR) is 137 cm³/mol. The lowest BCUT2D eigenvalue weighted by molar-refractivity contribution is 0.00794. The molecule has 2 aromatic heterocycles. The van der Waals surface area contributed by atoms with Crippen molar-refractivity contribution in [3.8, 4) is 34.0 Å². The Hall–Kier alpha value is -3.50. The molecule has 5 heterocycles. The van der Waals surface area contributed by atoms with Gasteiger partial charge in [-0.2, -0.15) is 0 Å². The topological polar surface area (TPSA) is 95.1 Å². The van der Waals surface area contributed by atoms with Crippen molar-refractivity contribution in [3.05, 3.63) is 66.5 Å². The van der Waals surface area contributed by atoms with Crippen LogP contribution in [-0.2, 0) is 14.2 Å². The van der Waals surface area contributed by atoms with Gasteiger partial charge in [0.15, 0.2) is 17.8 Å². The zero-order valence-electron chi connectivity index (χ0n) is 20.5. The van der Waals surface area contributed by atoms with E-state index in [1.54, 1.807) is 6.07 Å². The van der Waals surface area contributed by atoms with Gasteiger partial charge in [0.1, 0.15) is 35.9 Å². The Bertz CT molecular complexity index is 1430.